The van der Waals surface area contributed by atoms with Crippen molar-refractivity contribution in [3.63, 3.8) is 0 Å². The highest BCUT2D eigenvalue weighted by Gasteiger charge is 2.22. The first kappa shape index (κ1) is 21.2. The van der Waals surface area contributed by atoms with E-state index in [2.05, 4.69) is 5.32 Å². The van der Waals surface area contributed by atoms with E-state index in [9.17, 15) is 14.4 Å². The van der Waals surface area contributed by atoms with Crippen LogP contribution in [0.2, 0.25) is 0 Å². The Balaban J connectivity index is 1.92. The van der Waals surface area contributed by atoms with Gasteiger partial charge in [-0.15, -0.1) is 0 Å². The highest BCUT2D eigenvalue weighted by Crippen LogP contribution is 2.18. The second-order valence-electron chi connectivity index (χ2n) is 6.66. The van der Waals surface area contributed by atoms with Gasteiger partial charge in [0.15, 0.2) is 6.10 Å². The second-order valence-corrected chi connectivity index (χ2v) is 6.66. The van der Waals surface area contributed by atoms with Crippen LogP contribution in [-0.4, -0.2) is 37.4 Å². The number of hydrogen-bond acceptors (Lipinski definition) is 5. The molecule has 0 heterocycles. The van der Waals surface area contributed by atoms with Gasteiger partial charge >= 0.3 is 5.97 Å². The van der Waals surface area contributed by atoms with Crippen molar-refractivity contribution < 1.29 is 23.9 Å². The van der Waals surface area contributed by atoms with Gasteiger partial charge in [-0.25, -0.2) is 0 Å². The predicted octanol–water partition coefficient (Wildman–Crippen LogP) is 3.16. The van der Waals surface area contributed by atoms with Gasteiger partial charge in [0.05, 0.1) is 7.11 Å². The average molecular weight is 383 g/mol. The first-order chi connectivity index (χ1) is 13.2. The highest BCUT2D eigenvalue weighted by atomic mass is 16.5. The minimum atomic E-state index is -0.939. The molecule has 148 valence electrons. The Labute approximate surface area is 164 Å². The van der Waals surface area contributed by atoms with Crippen LogP contribution in [0.15, 0.2) is 36.4 Å². The maximum atomic E-state index is 12.6. The van der Waals surface area contributed by atoms with E-state index in [0.29, 0.717) is 16.9 Å². The number of carbonyl (C=O) groups excluding carboxylic acids is 3. The maximum absolute atomic E-state index is 12.6. The monoisotopic (exact) mass is 383 g/mol. The Kier molecular flexibility index (Phi) is 6.93. The van der Waals surface area contributed by atoms with Crippen molar-refractivity contribution in [2.45, 2.75) is 33.8 Å². The number of carbonyl (C=O) groups is 3. The summed E-state index contributed by atoms with van der Waals surface area (Å²) >= 11 is 0. The van der Waals surface area contributed by atoms with Gasteiger partial charge in [-0.1, -0.05) is 6.07 Å². The Hall–Kier alpha value is -3.15. The summed E-state index contributed by atoms with van der Waals surface area (Å²) in [6.45, 7) is 6.96. The number of nitrogens with one attached hydrogen (secondary N) is 1. The molecule has 0 aromatic heterocycles. The molecule has 2 rings (SSSR count). The minimum Gasteiger partial charge on any atom is -0.497 e. The lowest BCUT2D eigenvalue weighted by molar-refractivity contribution is -0.145. The van der Waals surface area contributed by atoms with E-state index >= 15 is 0 Å². The van der Waals surface area contributed by atoms with Gasteiger partial charge in [-0.3, -0.25) is 14.4 Å². The van der Waals surface area contributed by atoms with E-state index in [1.165, 1.54) is 14.0 Å². The zero-order chi connectivity index (χ0) is 20.8. The molecule has 28 heavy (non-hydrogen) atoms. The summed E-state index contributed by atoms with van der Waals surface area (Å²) in [5.41, 5.74) is 3.86. The number of ketones is 1. The summed E-state index contributed by atoms with van der Waals surface area (Å²) < 4.78 is 10.2. The Morgan fingerprint density at radius 2 is 1.57 bits per heavy atom. The molecule has 0 saturated carbocycles. The topological polar surface area (TPSA) is 81.7 Å². The number of benzene rings is 2. The third-order valence-corrected chi connectivity index (χ3v) is 4.53. The van der Waals surface area contributed by atoms with E-state index in [-0.39, 0.29) is 12.3 Å². The van der Waals surface area contributed by atoms with Gasteiger partial charge in [0.2, 0.25) is 5.78 Å². The van der Waals surface area contributed by atoms with Crippen molar-refractivity contribution in [1.29, 1.82) is 0 Å². The molecule has 2 aromatic carbocycles. The summed E-state index contributed by atoms with van der Waals surface area (Å²) in [4.78, 5) is 36.7. The van der Waals surface area contributed by atoms with Crippen LogP contribution in [0.3, 0.4) is 0 Å². The smallest absolute Gasteiger partial charge is 0.326 e. The lowest BCUT2D eigenvalue weighted by Gasteiger charge is -2.15. The molecule has 1 atom stereocenters. The van der Waals surface area contributed by atoms with Crippen molar-refractivity contribution in [2.75, 3.05) is 13.7 Å². The number of ether oxygens (including phenoxy) is 2. The van der Waals surface area contributed by atoms with Crippen LogP contribution in [0.25, 0.3) is 0 Å². The fraction of sp³-hybridized carbons (Fsp3) is 0.318. The SMILES string of the molecule is COc1ccc(C(=O)NCC(=O)OC(C)C(=O)c2cc(C)c(C)cc2C)cc1. The Bertz CT molecular complexity index is 887. The van der Waals surface area contributed by atoms with Gasteiger partial charge in [0, 0.05) is 11.1 Å². The molecule has 1 N–H and O–H groups in total. The van der Waals surface area contributed by atoms with Crippen LogP contribution >= 0.6 is 0 Å². The van der Waals surface area contributed by atoms with E-state index in [1.807, 2.05) is 32.9 Å². The molecule has 2 aromatic rings. The van der Waals surface area contributed by atoms with E-state index in [0.717, 1.165) is 16.7 Å². The van der Waals surface area contributed by atoms with Crippen molar-refractivity contribution in [1.82, 2.24) is 5.32 Å². The van der Waals surface area contributed by atoms with Gasteiger partial charge in [-0.05, 0) is 74.7 Å². The second kappa shape index (κ2) is 9.17. The standard InChI is InChI=1S/C22H25NO5/c1-13-10-15(3)19(11-14(13)2)21(25)16(4)28-20(24)12-23-22(26)17-6-8-18(27-5)9-7-17/h6-11,16H,12H2,1-5H3,(H,23,26). The largest absolute Gasteiger partial charge is 0.497 e. The fourth-order valence-electron chi connectivity index (χ4n) is 2.73. The van der Waals surface area contributed by atoms with Crippen molar-refractivity contribution in [2.24, 2.45) is 0 Å². The van der Waals surface area contributed by atoms with Crippen LogP contribution < -0.4 is 10.1 Å². The number of esters is 1. The number of Topliss-reactive ketones (excluding diaryl/α,β-unsaturated/α-hetero) is 1. The number of hydrogen-bond donors (Lipinski definition) is 1. The highest BCUT2D eigenvalue weighted by molar-refractivity contribution is 6.02. The lowest BCUT2D eigenvalue weighted by atomic mass is 9.96. The molecule has 0 bridgehead atoms. The number of rotatable bonds is 7. The molecule has 0 aliphatic carbocycles. The van der Waals surface area contributed by atoms with E-state index in [4.69, 9.17) is 9.47 Å². The van der Waals surface area contributed by atoms with E-state index < -0.39 is 18.0 Å². The van der Waals surface area contributed by atoms with Crippen molar-refractivity contribution >= 4 is 17.7 Å². The zero-order valence-corrected chi connectivity index (χ0v) is 16.8. The number of amides is 1. The Morgan fingerprint density at radius 3 is 2.18 bits per heavy atom. The summed E-state index contributed by atoms with van der Waals surface area (Å²) in [6, 6.07) is 10.2. The zero-order valence-electron chi connectivity index (χ0n) is 16.8. The molecule has 0 fully saturated rings. The minimum absolute atomic E-state index is 0.268. The van der Waals surface area contributed by atoms with Crippen LogP contribution in [-0.2, 0) is 9.53 Å². The lowest BCUT2D eigenvalue weighted by Crippen LogP contribution is -2.34. The molecule has 6 nitrogen and oxygen atoms in total. The van der Waals surface area contributed by atoms with E-state index in [1.54, 1.807) is 24.3 Å². The quantitative estimate of drug-likeness (QED) is 0.587. The molecule has 1 unspecified atom stereocenters. The number of methoxy groups -OCH3 is 1. The average Bonchev–Trinajstić information content (AvgIpc) is 2.68. The molecule has 0 spiro atoms. The summed E-state index contributed by atoms with van der Waals surface area (Å²) in [6.07, 6.45) is -0.939. The molecule has 0 radical (unpaired) electrons. The third kappa shape index (κ3) is 5.19. The molecular weight excluding hydrogens is 358 g/mol. The normalized spacial score (nSPS) is 11.5. The van der Waals surface area contributed by atoms with Gasteiger partial charge in [0.25, 0.3) is 5.91 Å². The van der Waals surface area contributed by atoms with Crippen LogP contribution in [0.5, 0.6) is 5.75 Å². The maximum Gasteiger partial charge on any atom is 0.326 e. The van der Waals surface area contributed by atoms with Crippen molar-refractivity contribution in [3.05, 3.63) is 64.2 Å². The molecule has 0 aliphatic rings. The first-order valence-electron chi connectivity index (χ1n) is 8.96. The van der Waals surface area contributed by atoms with Crippen LogP contribution in [0, 0.1) is 20.8 Å². The van der Waals surface area contributed by atoms with Gasteiger partial charge in [0.1, 0.15) is 12.3 Å². The first-order valence-corrected chi connectivity index (χ1v) is 8.96. The summed E-state index contributed by atoms with van der Waals surface area (Å²) in [5.74, 6) is -0.729. The molecule has 0 aliphatic heterocycles. The Morgan fingerprint density at radius 1 is 0.964 bits per heavy atom. The van der Waals surface area contributed by atoms with Crippen molar-refractivity contribution in [3.8, 4) is 5.75 Å². The molecular formula is C22H25NO5. The summed E-state index contributed by atoms with van der Waals surface area (Å²) in [7, 11) is 1.53. The number of aryl methyl sites for hydroxylation is 3. The summed E-state index contributed by atoms with van der Waals surface area (Å²) in [5, 5.41) is 2.48. The molecule has 0 saturated heterocycles. The van der Waals surface area contributed by atoms with Crippen LogP contribution in [0.4, 0.5) is 0 Å². The predicted molar refractivity (Wildman–Crippen MR) is 106 cm³/mol. The molecule has 1 amide bonds. The fourth-order valence-corrected chi connectivity index (χ4v) is 2.73. The molecule has 6 heteroatoms. The third-order valence-electron chi connectivity index (χ3n) is 4.53. The van der Waals surface area contributed by atoms with Crippen LogP contribution in [0.1, 0.15) is 44.3 Å². The van der Waals surface area contributed by atoms with Gasteiger partial charge < -0.3 is 14.8 Å². The van der Waals surface area contributed by atoms with Gasteiger partial charge in [-0.2, -0.15) is 0 Å².